The van der Waals surface area contributed by atoms with Crippen LogP contribution in [-0.2, 0) is 11.3 Å². The monoisotopic (exact) mass is 381 g/mol. The molecule has 0 radical (unpaired) electrons. The molecule has 5 nitrogen and oxygen atoms in total. The molecule has 2 aromatic carbocycles. The highest BCUT2D eigenvalue weighted by Gasteiger charge is 2.11. The molecule has 27 heavy (non-hydrogen) atoms. The van der Waals surface area contributed by atoms with Crippen molar-refractivity contribution < 1.29 is 4.79 Å². The highest BCUT2D eigenvalue weighted by Crippen LogP contribution is 2.23. The Bertz CT molecular complexity index is 1070. The summed E-state index contributed by atoms with van der Waals surface area (Å²) < 4.78 is 1.17. The van der Waals surface area contributed by atoms with Gasteiger partial charge < -0.3 is 5.32 Å². The van der Waals surface area contributed by atoms with Crippen LogP contribution in [0.15, 0.2) is 53.3 Å². The summed E-state index contributed by atoms with van der Waals surface area (Å²) in [6, 6.07) is 14.4. The minimum Gasteiger partial charge on any atom is -0.324 e. The van der Waals surface area contributed by atoms with Gasteiger partial charge in [0.25, 0.3) is 5.56 Å². The fraction of sp³-hybridized carbons (Fsp3) is 0.190. The lowest BCUT2D eigenvalue weighted by molar-refractivity contribution is -0.117. The normalized spacial score (nSPS) is 10.7. The molecule has 0 bridgehead atoms. The lowest BCUT2D eigenvalue weighted by Gasteiger charge is -2.11. The van der Waals surface area contributed by atoms with Gasteiger partial charge in [0.2, 0.25) is 5.91 Å². The SMILES string of the molecule is Cc1ccc(-c2ccc(=O)n(CC(=O)Nc3cccc(Cl)c3C)n2)cc1C. The van der Waals surface area contributed by atoms with Crippen LogP contribution in [0.5, 0.6) is 0 Å². The van der Waals surface area contributed by atoms with Crippen molar-refractivity contribution in [2.75, 3.05) is 5.32 Å². The van der Waals surface area contributed by atoms with Gasteiger partial charge in [-0.25, -0.2) is 4.68 Å². The van der Waals surface area contributed by atoms with E-state index in [-0.39, 0.29) is 18.0 Å². The number of halogens is 1. The van der Waals surface area contributed by atoms with E-state index < -0.39 is 0 Å². The molecule has 0 atom stereocenters. The van der Waals surface area contributed by atoms with E-state index in [1.165, 1.54) is 16.3 Å². The van der Waals surface area contributed by atoms with E-state index in [0.717, 1.165) is 16.7 Å². The number of rotatable bonds is 4. The predicted octanol–water partition coefficient (Wildman–Crippen LogP) is 4.13. The Morgan fingerprint density at radius 2 is 1.85 bits per heavy atom. The molecule has 0 fully saturated rings. The number of anilines is 1. The first-order valence-corrected chi connectivity index (χ1v) is 8.93. The number of hydrogen-bond donors (Lipinski definition) is 1. The standard InChI is InChI=1S/C21H20ClN3O2/c1-13-7-8-16(11-14(13)2)19-9-10-21(27)25(24-19)12-20(26)23-18-6-4-5-17(22)15(18)3/h4-11H,12H2,1-3H3,(H,23,26). The zero-order valence-corrected chi connectivity index (χ0v) is 16.2. The first kappa shape index (κ1) is 18.9. The number of nitrogens with zero attached hydrogens (tertiary/aromatic N) is 2. The van der Waals surface area contributed by atoms with E-state index in [2.05, 4.69) is 10.4 Å². The molecule has 1 heterocycles. The van der Waals surface area contributed by atoms with Gasteiger partial charge >= 0.3 is 0 Å². The summed E-state index contributed by atoms with van der Waals surface area (Å²) in [7, 11) is 0. The van der Waals surface area contributed by atoms with Gasteiger partial charge in [0.15, 0.2) is 0 Å². The third-order valence-electron chi connectivity index (χ3n) is 4.50. The average molecular weight is 382 g/mol. The van der Waals surface area contributed by atoms with Gasteiger partial charge in [-0.2, -0.15) is 5.10 Å². The molecule has 0 spiro atoms. The second-order valence-electron chi connectivity index (χ2n) is 6.47. The summed E-state index contributed by atoms with van der Waals surface area (Å²) >= 11 is 6.08. The van der Waals surface area contributed by atoms with Crippen molar-refractivity contribution >= 4 is 23.2 Å². The molecule has 0 aliphatic heterocycles. The number of aryl methyl sites for hydroxylation is 2. The van der Waals surface area contributed by atoms with Crippen molar-refractivity contribution in [1.82, 2.24) is 9.78 Å². The molecule has 0 saturated heterocycles. The van der Waals surface area contributed by atoms with Crippen LogP contribution < -0.4 is 10.9 Å². The summed E-state index contributed by atoms with van der Waals surface area (Å²) in [5, 5.41) is 7.70. The number of nitrogens with one attached hydrogen (secondary N) is 1. The number of hydrogen-bond acceptors (Lipinski definition) is 3. The smallest absolute Gasteiger partial charge is 0.267 e. The molecule has 3 rings (SSSR count). The van der Waals surface area contributed by atoms with Crippen LogP contribution in [0, 0.1) is 20.8 Å². The van der Waals surface area contributed by atoms with E-state index in [0.29, 0.717) is 16.4 Å². The maximum absolute atomic E-state index is 12.4. The molecule has 6 heteroatoms. The third-order valence-corrected chi connectivity index (χ3v) is 4.91. The van der Waals surface area contributed by atoms with Gasteiger partial charge in [0.05, 0.1) is 5.69 Å². The second kappa shape index (κ2) is 7.76. The van der Waals surface area contributed by atoms with Crippen molar-refractivity contribution in [3.8, 4) is 11.3 Å². The zero-order chi connectivity index (χ0) is 19.6. The van der Waals surface area contributed by atoms with Gasteiger partial charge in [0, 0.05) is 22.3 Å². The maximum atomic E-state index is 12.4. The third kappa shape index (κ3) is 4.26. The van der Waals surface area contributed by atoms with Gasteiger partial charge in [-0.3, -0.25) is 9.59 Å². The highest BCUT2D eigenvalue weighted by molar-refractivity contribution is 6.31. The van der Waals surface area contributed by atoms with Crippen molar-refractivity contribution in [2.45, 2.75) is 27.3 Å². The van der Waals surface area contributed by atoms with Gasteiger partial charge in [-0.1, -0.05) is 29.8 Å². The zero-order valence-electron chi connectivity index (χ0n) is 15.4. The summed E-state index contributed by atoms with van der Waals surface area (Å²) in [6.45, 7) is 5.71. The molecule has 0 unspecified atom stereocenters. The van der Waals surface area contributed by atoms with E-state index in [9.17, 15) is 9.59 Å². The molecular weight excluding hydrogens is 362 g/mol. The molecule has 0 aliphatic rings. The number of benzene rings is 2. The van der Waals surface area contributed by atoms with Crippen molar-refractivity contribution in [3.05, 3.63) is 80.6 Å². The van der Waals surface area contributed by atoms with Crippen LogP contribution in [0.2, 0.25) is 5.02 Å². The van der Waals surface area contributed by atoms with Crippen LogP contribution in [-0.4, -0.2) is 15.7 Å². The molecule has 0 aliphatic carbocycles. The molecule has 1 amide bonds. The Hall–Kier alpha value is -2.92. The Labute approximate surface area is 162 Å². The lowest BCUT2D eigenvalue weighted by atomic mass is 10.0. The van der Waals surface area contributed by atoms with Crippen LogP contribution in [0.4, 0.5) is 5.69 Å². The fourth-order valence-electron chi connectivity index (χ4n) is 2.69. The van der Waals surface area contributed by atoms with Crippen LogP contribution >= 0.6 is 11.6 Å². The van der Waals surface area contributed by atoms with Crippen molar-refractivity contribution in [2.24, 2.45) is 0 Å². The average Bonchev–Trinajstić information content (AvgIpc) is 2.63. The number of aromatic nitrogens is 2. The first-order chi connectivity index (χ1) is 12.8. The van der Waals surface area contributed by atoms with E-state index in [1.807, 2.05) is 39.0 Å². The lowest BCUT2D eigenvalue weighted by Crippen LogP contribution is -2.29. The van der Waals surface area contributed by atoms with Gasteiger partial charge in [-0.15, -0.1) is 0 Å². The Kier molecular flexibility index (Phi) is 5.42. The highest BCUT2D eigenvalue weighted by atomic mass is 35.5. The molecule has 1 aromatic heterocycles. The molecule has 1 N–H and O–H groups in total. The largest absolute Gasteiger partial charge is 0.324 e. The topological polar surface area (TPSA) is 64.0 Å². The van der Waals surface area contributed by atoms with Crippen LogP contribution in [0.25, 0.3) is 11.3 Å². The number of carbonyl (C=O) groups is 1. The predicted molar refractivity (Wildman–Crippen MR) is 108 cm³/mol. The molecule has 138 valence electrons. The van der Waals surface area contributed by atoms with Crippen molar-refractivity contribution in [1.29, 1.82) is 0 Å². The van der Waals surface area contributed by atoms with E-state index >= 15 is 0 Å². The van der Waals surface area contributed by atoms with Gasteiger partial charge in [0.1, 0.15) is 6.54 Å². The summed E-state index contributed by atoms with van der Waals surface area (Å²) in [5.74, 6) is -0.341. The van der Waals surface area contributed by atoms with Crippen LogP contribution in [0.3, 0.4) is 0 Å². The van der Waals surface area contributed by atoms with Crippen molar-refractivity contribution in [3.63, 3.8) is 0 Å². The quantitative estimate of drug-likeness (QED) is 0.739. The fourth-order valence-corrected chi connectivity index (χ4v) is 2.86. The first-order valence-electron chi connectivity index (χ1n) is 8.56. The Morgan fingerprint density at radius 3 is 2.59 bits per heavy atom. The Balaban J connectivity index is 1.84. The summed E-state index contributed by atoms with van der Waals surface area (Å²) in [4.78, 5) is 24.5. The number of amides is 1. The summed E-state index contributed by atoms with van der Waals surface area (Å²) in [5.41, 5.74) is 4.93. The number of carbonyl (C=O) groups excluding carboxylic acids is 1. The van der Waals surface area contributed by atoms with E-state index in [4.69, 9.17) is 11.6 Å². The minimum atomic E-state index is -0.341. The maximum Gasteiger partial charge on any atom is 0.267 e. The van der Waals surface area contributed by atoms with Crippen LogP contribution in [0.1, 0.15) is 16.7 Å². The molecule has 3 aromatic rings. The minimum absolute atomic E-state index is 0.177. The second-order valence-corrected chi connectivity index (χ2v) is 6.88. The summed E-state index contributed by atoms with van der Waals surface area (Å²) in [6.07, 6.45) is 0. The molecular formula is C21H20ClN3O2. The van der Waals surface area contributed by atoms with E-state index in [1.54, 1.807) is 24.3 Å². The molecule has 0 saturated carbocycles. The Morgan fingerprint density at radius 1 is 1.07 bits per heavy atom. The van der Waals surface area contributed by atoms with Gasteiger partial charge in [-0.05, 0) is 61.7 Å².